The van der Waals surface area contributed by atoms with Gasteiger partial charge in [-0.25, -0.2) is 4.68 Å². The third kappa shape index (κ3) is 4.85. The molecular formula is C20H16BrClN4O3. The van der Waals surface area contributed by atoms with E-state index in [0.717, 1.165) is 4.47 Å². The van der Waals surface area contributed by atoms with E-state index in [-0.39, 0.29) is 12.2 Å². The van der Waals surface area contributed by atoms with Crippen molar-refractivity contribution in [3.63, 3.8) is 0 Å². The number of rotatable bonds is 5. The van der Waals surface area contributed by atoms with Crippen LogP contribution in [-0.4, -0.2) is 28.9 Å². The molecule has 0 spiro atoms. The molecule has 7 nitrogen and oxygen atoms in total. The minimum Gasteiger partial charge on any atom is -0.344 e. The zero-order valence-corrected chi connectivity index (χ0v) is 17.4. The molecule has 3 N–H and O–H groups in total. The van der Waals surface area contributed by atoms with Crippen LogP contribution in [0.3, 0.4) is 0 Å². The van der Waals surface area contributed by atoms with Gasteiger partial charge in [-0.3, -0.25) is 19.8 Å². The summed E-state index contributed by atoms with van der Waals surface area (Å²) in [5.74, 6) is -2.23. The quantitative estimate of drug-likeness (QED) is 0.388. The Labute approximate surface area is 179 Å². The van der Waals surface area contributed by atoms with Gasteiger partial charge in [0.05, 0.1) is 5.52 Å². The van der Waals surface area contributed by atoms with E-state index in [9.17, 15) is 14.4 Å². The summed E-state index contributed by atoms with van der Waals surface area (Å²) >= 11 is 9.38. The van der Waals surface area contributed by atoms with Crippen LogP contribution < -0.4 is 16.1 Å². The van der Waals surface area contributed by atoms with E-state index in [4.69, 9.17) is 11.6 Å². The number of halogens is 2. The normalized spacial score (nSPS) is 10.4. The SMILES string of the molecule is C=CCNC(=O)C(=O)Nn1c(C(=O)Nc2ccc(Br)cc2)cc2cc(Cl)ccc21. The Morgan fingerprint density at radius 1 is 1.07 bits per heavy atom. The summed E-state index contributed by atoms with van der Waals surface area (Å²) in [7, 11) is 0. The van der Waals surface area contributed by atoms with Gasteiger partial charge in [-0.1, -0.05) is 33.6 Å². The number of carbonyl (C=O) groups is 3. The summed E-state index contributed by atoms with van der Waals surface area (Å²) in [5.41, 5.74) is 3.68. The highest BCUT2D eigenvalue weighted by Gasteiger charge is 2.20. The highest BCUT2D eigenvalue weighted by molar-refractivity contribution is 9.10. The molecule has 0 aliphatic heterocycles. The summed E-state index contributed by atoms with van der Waals surface area (Å²) in [6, 6.07) is 13.6. The van der Waals surface area contributed by atoms with Gasteiger partial charge in [0.2, 0.25) is 0 Å². The Morgan fingerprint density at radius 3 is 2.48 bits per heavy atom. The molecule has 148 valence electrons. The number of hydrogen-bond donors (Lipinski definition) is 3. The molecule has 3 rings (SSSR count). The first-order valence-corrected chi connectivity index (χ1v) is 9.64. The number of hydrogen-bond acceptors (Lipinski definition) is 3. The lowest BCUT2D eigenvalue weighted by molar-refractivity contribution is -0.136. The molecule has 3 aromatic rings. The molecule has 0 atom stereocenters. The van der Waals surface area contributed by atoms with Crippen molar-refractivity contribution in [1.29, 1.82) is 0 Å². The van der Waals surface area contributed by atoms with E-state index < -0.39 is 17.7 Å². The molecule has 0 saturated heterocycles. The van der Waals surface area contributed by atoms with Crippen LogP contribution in [0.15, 0.2) is 65.7 Å². The smallest absolute Gasteiger partial charge is 0.328 e. The molecule has 0 aliphatic rings. The van der Waals surface area contributed by atoms with Crippen LogP contribution in [0.1, 0.15) is 10.5 Å². The predicted octanol–water partition coefficient (Wildman–Crippen LogP) is 3.68. The largest absolute Gasteiger partial charge is 0.344 e. The molecule has 9 heteroatoms. The molecule has 29 heavy (non-hydrogen) atoms. The van der Waals surface area contributed by atoms with Crippen LogP contribution in [0.25, 0.3) is 10.9 Å². The Kier molecular flexibility index (Phi) is 6.36. The van der Waals surface area contributed by atoms with Crippen molar-refractivity contribution >= 4 is 61.8 Å². The van der Waals surface area contributed by atoms with Crippen LogP contribution >= 0.6 is 27.5 Å². The molecule has 3 amide bonds. The van der Waals surface area contributed by atoms with Gasteiger partial charge in [-0.05, 0) is 48.5 Å². The molecule has 2 aromatic carbocycles. The van der Waals surface area contributed by atoms with E-state index in [2.05, 4.69) is 38.6 Å². The van der Waals surface area contributed by atoms with Gasteiger partial charge in [-0.15, -0.1) is 6.58 Å². The van der Waals surface area contributed by atoms with E-state index in [0.29, 0.717) is 21.6 Å². The number of benzene rings is 2. The van der Waals surface area contributed by atoms with Crippen LogP contribution in [0.2, 0.25) is 5.02 Å². The highest BCUT2D eigenvalue weighted by atomic mass is 79.9. The maximum absolute atomic E-state index is 12.9. The van der Waals surface area contributed by atoms with Crippen LogP contribution in [0, 0.1) is 0 Å². The lowest BCUT2D eigenvalue weighted by atomic mass is 10.2. The zero-order valence-electron chi connectivity index (χ0n) is 15.0. The summed E-state index contributed by atoms with van der Waals surface area (Å²) in [6.07, 6.45) is 1.45. The second-order valence-corrected chi connectivity index (χ2v) is 7.32. The maximum Gasteiger partial charge on any atom is 0.328 e. The van der Waals surface area contributed by atoms with Crippen molar-refractivity contribution in [2.45, 2.75) is 0 Å². The number of nitrogens with one attached hydrogen (secondary N) is 3. The average molecular weight is 476 g/mol. The minimum absolute atomic E-state index is 0.134. The fraction of sp³-hybridized carbons (Fsp3) is 0.0500. The lowest BCUT2D eigenvalue weighted by Crippen LogP contribution is -2.39. The summed E-state index contributed by atoms with van der Waals surface area (Å²) in [4.78, 5) is 37.0. The first kappa shape index (κ1) is 20.6. The van der Waals surface area contributed by atoms with Gasteiger partial charge >= 0.3 is 11.8 Å². The number of aromatic nitrogens is 1. The Balaban J connectivity index is 1.94. The Morgan fingerprint density at radius 2 is 1.79 bits per heavy atom. The minimum atomic E-state index is -0.919. The third-order valence-electron chi connectivity index (χ3n) is 3.92. The van der Waals surface area contributed by atoms with Crippen LogP contribution in [0.4, 0.5) is 5.69 Å². The molecule has 0 bridgehead atoms. The number of anilines is 1. The van der Waals surface area contributed by atoms with Crippen molar-refractivity contribution in [3.05, 3.63) is 76.4 Å². The van der Waals surface area contributed by atoms with Gasteiger partial charge < -0.3 is 10.6 Å². The van der Waals surface area contributed by atoms with Gasteiger partial charge in [0.15, 0.2) is 0 Å². The molecule has 1 heterocycles. The molecule has 0 unspecified atom stereocenters. The van der Waals surface area contributed by atoms with E-state index >= 15 is 0 Å². The van der Waals surface area contributed by atoms with Gasteiger partial charge in [0.25, 0.3) is 5.91 Å². The van der Waals surface area contributed by atoms with Crippen LogP contribution in [-0.2, 0) is 9.59 Å². The van der Waals surface area contributed by atoms with Crippen molar-refractivity contribution in [1.82, 2.24) is 9.99 Å². The topological polar surface area (TPSA) is 92.2 Å². The second kappa shape index (κ2) is 8.93. The maximum atomic E-state index is 12.9. The van der Waals surface area contributed by atoms with Crippen molar-refractivity contribution in [3.8, 4) is 0 Å². The monoisotopic (exact) mass is 474 g/mol. The van der Waals surface area contributed by atoms with Gasteiger partial charge in [0, 0.05) is 27.1 Å². The summed E-state index contributed by atoms with van der Waals surface area (Å²) in [5, 5.41) is 6.25. The van der Waals surface area contributed by atoms with Crippen LogP contribution in [0.5, 0.6) is 0 Å². The molecule has 0 fully saturated rings. The average Bonchev–Trinajstić information content (AvgIpc) is 3.05. The van der Waals surface area contributed by atoms with Gasteiger partial charge in [0.1, 0.15) is 5.69 Å². The first-order chi connectivity index (χ1) is 13.9. The lowest BCUT2D eigenvalue weighted by Gasteiger charge is -2.12. The third-order valence-corrected chi connectivity index (χ3v) is 4.69. The zero-order chi connectivity index (χ0) is 21.0. The van der Waals surface area contributed by atoms with E-state index in [1.165, 1.54) is 10.8 Å². The number of fused-ring (bicyclic) bond motifs is 1. The molecular weight excluding hydrogens is 460 g/mol. The molecule has 0 aliphatic carbocycles. The van der Waals surface area contributed by atoms with Gasteiger partial charge in [-0.2, -0.15) is 0 Å². The summed E-state index contributed by atoms with van der Waals surface area (Å²) < 4.78 is 2.13. The van der Waals surface area contributed by atoms with E-state index in [1.807, 2.05) is 0 Å². The molecule has 1 aromatic heterocycles. The highest BCUT2D eigenvalue weighted by Crippen LogP contribution is 2.24. The fourth-order valence-electron chi connectivity index (χ4n) is 2.60. The van der Waals surface area contributed by atoms with Crippen molar-refractivity contribution < 1.29 is 14.4 Å². The second-order valence-electron chi connectivity index (χ2n) is 5.97. The van der Waals surface area contributed by atoms with Crippen molar-refractivity contribution in [2.75, 3.05) is 17.3 Å². The Bertz CT molecular complexity index is 1110. The predicted molar refractivity (Wildman–Crippen MR) is 117 cm³/mol. The van der Waals surface area contributed by atoms with E-state index in [1.54, 1.807) is 48.5 Å². The summed E-state index contributed by atoms with van der Waals surface area (Å²) in [6.45, 7) is 3.62. The molecule has 0 radical (unpaired) electrons. The first-order valence-electron chi connectivity index (χ1n) is 8.47. The number of carbonyl (C=O) groups excluding carboxylic acids is 3. The Hall–Kier alpha value is -3.10. The fourth-order valence-corrected chi connectivity index (χ4v) is 3.04. The number of nitrogens with zero attached hydrogens (tertiary/aromatic N) is 1. The standard InChI is InChI=1S/C20H16BrClN4O3/c1-2-9-23-19(28)20(29)25-26-16-8-5-14(22)10-12(16)11-17(26)18(27)24-15-6-3-13(21)4-7-15/h2-8,10-11H,1,9H2,(H,23,28)(H,24,27)(H,25,29). The number of amides is 3. The van der Waals surface area contributed by atoms with Crippen molar-refractivity contribution in [2.24, 2.45) is 0 Å². The molecule has 0 saturated carbocycles.